The Hall–Kier alpha value is -2.97. The van der Waals surface area contributed by atoms with Crippen molar-refractivity contribution in [2.24, 2.45) is 0 Å². The smallest absolute Gasteiger partial charge is 0.295 e. The fraction of sp³-hybridized carbons (Fsp3) is 0.261. The molecule has 1 atom stereocenters. The summed E-state index contributed by atoms with van der Waals surface area (Å²) in [5.41, 5.74) is 2.15. The van der Waals surface area contributed by atoms with Crippen molar-refractivity contribution in [3.8, 4) is 0 Å². The molecular formula is C23H23BrN4O3. The predicted molar refractivity (Wildman–Crippen MR) is 118 cm³/mol. The third kappa shape index (κ3) is 3.77. The number of aryl methyl sites for hydroxylation is 1. The lowest BCUT2D eigenvalue weighted by molar-refractivity contribution is -0.857. The van der Waals surface area contributed by atoms with Gasteiger partial charge in [-0.15, -0.1) is 0 Å². The molecule has 1 N–H and O–H groups in total. The summed E-state index contributed by atoms with van der Waals surface area (Å²) >= 11 is 3.46. The van der Waals surface area contributed by atoms with Gasteiger partial charge in [-0.05, 0) is 36.8 Å². The van der Waals surface area contributed by atoms with Crippen LogP contribution in [0.1, 0.15) is 23.0 Å². The van der Waals surface area contributed by atoms with Gasteiger partial charge in [-0.1, -0.05) is 39.9 Å². The van der Waals surface area contributed by atoms with E-state index in [4.69, 9.17) is 0 Å². The number of nitrogens with zero attached hydrogens (tertiary/aromatic N) is 3. The standard InChI is InChI=1S/C23H23BrN4O3/c1-14-19(27-10-5-4-9-17(27)25-14)21(29)18-20(15-7-6-8-16(24)13-15)28(12-11-26(2)3)23(31)22(18)30/h4-10,13,20,29H,11-12H2,1-3H3. The van der Waals surface area contributed by atoms with E-state index in [2.05, 4.69) is 20.9 Å². The lowest BCUT2D eigenvalue weighted by Crippen LogP contribution is -3.06. The molecule has 2 aromatic heterocycles. The lowest BCUT2D eigenvalue weighted by Gasteiger charge is -2.27. The minimum Gasteiger partial charge on any atom is -0.871 e. The Morgan fingerprint density at radius 2 is 1.97 bits per heavy atom. The number of hydrogen-bond acceptors (Lipinski definition) is 4. The molecule has 0 bridgehead atoms. The number of aromatic nitrogens is 2. The average molecular weight is 483 g/mol. The summed E-state index contributed by atoms with van der Waals surface area (Å²) in [4.78, 5) is 33.2. The van der Waals surface area contributed by atoms with Crippen molar-refractivity contribution >= 4 is 39.0 Å². The zero-order valence-corrected chi connectivity index (χ0v) is 19.1. The fourth-order valence-corrected chi connectivity index (χ4v) is 4.40. The first-order valence-electron chi connectivity index (χ1n) is 10.0. The minimum atomic E-state index is -0.742. The van der Waals surface area contributed by atoms with Crippen LogP contribution in [0.4, 0.5) is 0 Å². The zero-order chi connectivity index (χ0) is 22.3. The topological polar surface area (TPSA) is 82.2 Å². The van der Waals surface area contributed by atoms with Crippen LogP contribution in [-0.2, 0) is 9.59 Å². The van der Waals surface area contributed by atoms with E-state index in [-0.39, 0.29) is 5.57 Å². The average Bonchev–Trinajstić information content (AvgIpc) is 3.19. The molecule has 0 spiro atoms. The number of fused-ring (bicyclic) bond motifs is 1. The van der Waals surface area contributed by atoms with E-state index in [1.54, 1.807) is 29.7 Å². The van der Waals surface area contributed by atoms with E-state index in [1.165, 1.54) is 4.90 Å². The van der Waals surface area contributed by atoms with Gasteiger partial charge in [0.05, 0.1) is 44.6 Å². The molecule has 1 amide bonds. The fourth-order valence-electron chi connectivity index (χ4n) is 3.98. The summed E-state index contributed by atoms with van der Waals surface area (Å²) < 4.78 is 2.49. The number of Topliss-reactive ketones (excluding diaryl/α,β-unsaturated/α-hetero) is 1. The number of halogens is 1. The van der Waals surface area contributed by atoms with E-state index in [1.807, 2.05) is 44.4 Å². The molecule has 0 radical (unpaired) electrons. The molecule has 0 aliphatic carbocycles. The summed E-state index contributed by atoms with van der Waals surface area (Å²) in [6.45, 7) is 2.76. The van der Waals surface area contributed by atoms with Crippen LogP contribution in [0.25, 0.3) is 11.4 Å². The highest BCUT2D eigenvalue weighted by Crippen LogP contribution is 2.39. The molecule has 160 valence electrons. The largest absolute Gasteiger partial charge is 0.871 e. The van der Waals surface area contributed by atoms with Gasteiger partial charge in [0.25, 0.3) is 5.91 Å². The lowest BCUT2D eigenvalue weighted by atomic mass is 9.96. The highest BCUT2D eigenvalue weighted by molar-refractivity contribution is 9.10. The Kier molecular flexibility index (Phi) is 5.68. The number of hydrogen-bond donors (Lipinski definition) is 1. The van der Waals surface area contributed by atoms with Crippen LogP contribution in [0.3, 0.4) is 0 Å². The molecule has 1 aliphatic heterocycles. The van der Waals surface area contributed by atoms with E-state index in [0.29, 0.717) is 30.1 Å². The zero-order valence-electron chi connectivity index (χ0n) is 17.6. The van der Waals surface area contributed by atoms with Crippen LogP contribution in [-0.4, -0.2) is 53.2 Å². The van der Waals surface area contributed by atoms with Crippen LogP contribution < -0.4 is 10.0 Å². The van der Waals surface area contributed by atoms with E-state index in [9.17, 15) is 14.7 Å². The maximum atomic E-state index is 13.7. The van der Waals surface area contributed by atoms with Crippen molar-refractivity contribution in [2.75, 3.05) is 27.2 Å². The van der Waals surface area contributed by atoms with Crippen LogP contribution in [0.15, 0.2) is 58.7 Å². The number of carbonyl (C=O) groups excluding carboxylic acids is 2. The van der Waals surface area contributed by atoms with Crippen LogP contribution in [0, 0.1) is 6.92 Å². The number of nitrogens with one attached hydrogen (secondary N) is 1. The first-order chi connectivity index (χ1) is 14.8. The van der Waals surface area contributed by atoms with Crippen LogP contribution in [0.2, 0.25) is 0 Å². The van der Waals surface area contributed by atoms with Crippen molar-refractivity contribution in [3.05, 3.63) is 75.7 Å². The second-order valence-corrected chi connectivity index (χ2v) is 8.88. The van der Waals surface area contributed by atoms with Gasteiger partial charge in [-0.2, -0.15) is 0 Å². The highest BCUT2D eigenvalue weighted by atomic mass is 79.9. The van der Waals surface area contributed by atoms with Gasteiger partial charge in [-0.3, -0.25) is 9.59 Å². The number of ketones is 1. The van der Waals surface area contributed by atoms with Gasteiger partial charge < -0.3 is 19.3 Å². The van der Waals surface area contributed by atoms with Gasteiger partial charge in [0.15, 0.2) is 0 Å². The number of quaternary nitrogens is 1. The molecular weight excluding hydrogens is 460 g/mol. The summed E-state index contributed by atoms with van der Waals surface area (Å²) in [6, 6.07) is 12.1. The molecule has 1 fully saturated rings. The maximum absolute atomic E-state index is 13.7. The summed E-state index contributed by atoms with van der Waals surface area (Å²) in [7, 11) is 3.96. The maximum Gasteiger partial charge on any atom is 0.295 e. The molecule has 8 heteroatoms. The third-order valence-electron chi connectivity index (χ3n) is 5.47. The van der Waals surface area contributed by atoms with Crippen molar-refractivity contribution in [1.29, 1.82) is 0 Å². The Morgan fingerprint density at radius 3 is 2.68 bits per heavy atom. The summed E-state index contributed by atoms with van der Waals surface area (Å²) in [6.07, 6.45) is 1.74. The van der Waals surface area contributed by atoms with Crippen molar-refractivity contribution < 1.29 is 19.6 Å². The minimum absolute atomic E-state index is 0.0226. The molecule has 1 saturated heterocycles. The molecule has 3 aromatic rings. The molecule has 3 heterocycles. The first-order valence-corrected chi connectivity index (χ1v) is 10.8. The number of rotatable bonds is 5. The number of likely N-dealkylation sites (N-methyl/N-ethyl adjacent to an activating group) is 1. The molecule has 7 nitrogen and oxygen atoms in total. The first kappa shape index (κ1) is 21.3. The van der Waals surface area contributed by atoms with Gasteiger partial charge in [-0.25, -0.2) is 4.98 Å². The Bertz CT molecular complexity index is 1210. The number of amides is 1. The van der Waals surface area contributed by atoms with E-state index in [0.717, 1.165) is 14.9 Å². The number of likely N-dealkylation sites (tertiary alicyclic amines) is 1. The Balaban J connectivity index is 1.93. The molecule has 1 aliphatic rings. The molecule has 31 heavy (non-hydrogen) atoms. The molecule has 4 rings (SSSR count). The predicted octanol–water partition coefficient (Wildman–Crippen LogP) is 0.774. The second-order valence-electron chi connectivity index (χ2n) is 7.96. The number of benzene rings is 1. The molecule has 0 saturated carbocycles. The highest BCUT2D eigenvalue weighted by Gasteiger charge is 2.44. The van der Waals surface area contributed by atoms with E-state index >= 15 is 0 Å². The third-order valence-corrected chi connectivity index (χ3v) is 5.96. The Labute approximate surface area is 188 Å². The van der Waals surface area contributed by atoms with Gasteiger partial charge in [0.1, 0.15) is 5.65 Å². The summed E-state index contributed by atoms with van der Waals surface area (Å²) in [5, 5.41) is 13.7. The van der Waals surface area contributed by atoms with E-state index < -0.39 is 23.5 Å². The SMILES string of the molecule is Cc1nc2ccccn2c1C([O-])=C1C(=O)C(=O)N(CC[NH+](C)C)C1c1cccc(Br)c1. The quantitative estimate of drug-likeness (QED) is 0.331. The van der Waals surface area contributed by atoms with Crippen molar-refractivity contribution in [3.63, 3.8) is 0 Å². The van der Waals surface area contributed by atoms with Gasteiger partial charge in [0.2, 0.25) is 5.78 Å². The van der Waals surface area contributed by atoms with Crippen molar-refractivity contribution in [2.45, 2.75) is 13.0 Å². The second kappa shape index (κ2) is 8.28. The van der Waals surface area contributed by atoms with Gasteiger partial charge in [0, 0.05) is 16.2 Å². The number of imidazole rings is 1. The summed E-state index contributed by atoms with van der Waals surface area (Å²) in [5.74, 6) is -1.84. The Morgan fingerprint density at radius 1 is 1.19 bits per heavy atom. The number of carbonyl (C=O) groups is 2. The van der Waals surface area contributed by atoms with Crippen LogP contribution in [0.5, 0.6) is 0 Å². The molecule has 1 aromatic carbocycles. The normalized spacial score (nSPS) is 18.5. The van der Waals surface area contributed by atoms with Gasteiger partial charge >= 0.3 is 0 Å². The van der Waals surface area contributed by atoms with Crippen LogP contribution >= 0.6 is 15.9 Å². The van der Waals surface area contributed by atoms with Crippen molar-refractivity contribution in [1.82, 2.24) is 14.3 Å². The monoisotopic (exact) mass is 482 g/mol. The molecule has 1 unspecified atom stereocenters. The number of pyridine rings is 1.